The van der Waals surface area contributed by atoms with E-state index >= 15 is 0 Å². The van der Waals surface area contributed by atoms with E-state index in [9.17, 15) is 9.59 Å². The van der Waals surface area contributed by atoms with Crippen LogP contribution in [0.2, 0.25) is 0 Å². The molecule has 1 N–H and O–H groups in total. The van der Waals surface area contributed by atoms with Gasteiger partial charge in [-0.1, -0.05) is 24.3 Å². The van der Waals surface area contributed by atoms with E-state index in [2.05, 4.69) is 5.32 Å². The third-order valence-corrected chi connectivity index (χ3v) is 5.09. The summed E-state index contributed by atoms with van der Waals surface area (Å²) in [6.45, 7) is 1.45. The number of ether oxygens (including phenoxy) is 2. The molecule has 1 aromatic heterocycles. The number of hydrogen-bond donors (Lipinski definition) is 1. The lowest BCUT2D eigenvalue weighted by molar-refractivity contribution is -0.114. The maximum Gasteiger partial charge on any atom is 0.266 e. The van der Waals surface area contributed by atoms with Crippen LogP contribution in [0.3, 0.4) is 0 Å². The van der Waals surface area contributed by atoms with Gasteiger partial charge in [0.05, 0.1) is 30.8 Å². The Morgan fingerprint density at radius 2 is 1.70 bits per heavy atom. The number of hydrogen-bond acceptors (Lipinski definition) is 5. The van der Waals surface area contributed by atoms with E-state index in [4.69, 9.17) is 14.5 Å². The van der Waals surface area contributed by atoms with Gasteiger partial charge in [-0.3, -0.25) is 14.2 Å². The number of aromatic nitrogens is 2. The van der Waals surface area contributed by atoms with Crippen molar-refractivity contribution >= 4 is 34.6 Å². The Morgan fingerprint density at radius 1 is 0.939 bits per heavy atom. The zero-order chi connectivity index (χ0) is 23.4. The van der Waals surface area contributed by atoms with E-state index in [1.165, 1.54) is 6.92 Å². The summed E-state index contributed by atoms with van der Waals surface area (Å²) in [5, 5.41) is 3.24. The lowest BCUT2D eigenvalue weighted by atomic mass is 10.1. The zero-order valence-electron chi connectivity index (χ0n) is 18.5. The number of para-hydroxylation sites is 2. The van der Waals surface area contributed by atoms with Crippen molar-refractivity contribution in [3.05, 3.63) is 88.5 Å². The van der Waals surface area contributed by atoms with Gasteiger partial charge < -0.3 is 14.8 Å². The average Bonchev–Trinajstić information content (AvgIpc) is 2.83. The Balaban J connectivity index is 1.87. The van der Waals surface area contributed by atoms with Crippen molar-refractivity contribution in [1.82, 2.24) is 9.55 Å². The Bertz CT molecular complexity index is 1410. The van der Waals surface area contributed by atoms with E-state index in [0.29, 0.717) is 39.6 Å². The normalized spacial score (nSPS) is 11.0. The molecule has 166 valence electrons. The number of anilines is 1. The molecule has 0 spiro atoms. The number of amides is 1. The maximum absolute atomic E-state index is 13.4. The highest BCUT2D eigenvalue weighted by molar-refractivity contribution is 5.88. The van der Waals surface area contributed by atoms with Gasteiger partial charge in [0.25, 0.3) is 5.56 Å². The van der Waals surface area contributed by atoms with Crippen LogP contribution in [-0.4, -0.2) is 29.7 Å². The molecule has 0 saturated heterocycles. The third-order valence-electron chi connectivity index (χ3n) is 5.09. The highest BCUT2D eigenvalue weighted by Crippen LogP contribution is 2.32. The van der Waals surface area contributed by atoms with Gasteiger partial charge in [-0.2, -0.15) is 0 Å². The first-order valence-corrected chi connectivity index (χ1v) is 10.3. The number of carbonyl (C=O) groups excluding carboxylic acids is 1. The van der Waals surface area contributed by atoms with Gasteiger partial charge in [-0.15, -0.1) is 0 Å². The van der Waals surface area contributed by atoms with Crippen LogP contribution in [0.4, 0.5) is 5.69 Å². The molecule has 1 heterocycles. The van der Waals surface area contributed by atoms with Crippen LogP contribution in [0.5, 0.6) is 11.5 Å². The molecular formula is C26H23N3O4. The van der Waals surface area contributed by atoms with E-state index in [1.54, 1.807) is 55.2 Å². The highest BCUT2D eigenvalue weighted by atomic mass is 16.5. The van der Waals surface area contributed by atoms with Crippen LogP contribution in [-0.2, 0) is 4.79 Å². The molecule has 0 bridgehead atoms. The van der Waals surface area contributed by atoms with Crippen LogP contribution in [0.1, 0.15) is 18.3 Å². The van der Waals surface area contributed by atoms with Crippen molar-refractivity contribution in [1.29, 1.82) is 0 Å². The summed E-state index contributed by atoms with van der Waals surface area (Å²) in [5.41, 5.74) is 2.47. The molecule has 0 aliphatic carbocycles. The third kappa shape index (κ3) is 4.48. The van der Waals surface area contributed by atoms with Gasteiger partial charge in [0.15, 0.2) is 11.5 Å². The average molecular weight is 441 g/mol. The Morgan fingerprint density at radius 3 is 2.39 bits per heavy atom. The summed E-state index contributed by atoms with van der Waals surface area (Å²) in [6.07, 6.45) is 3.60. The zero-order valence-corrected chi connectivity index (χ0v) is 18.5. The molecule has 7 nitrogen and oxygen atoms in total. The Hall–Kier alpha value is -4.39. The van der Waals surface area contributed by atoms with Gasteiger partial charge in [-0.05, 0) is 54.6 Å². The molecule has 7 heteroatoms. The van der Waals surface area contributed by atoms with Gasteiger partial charge >= 0.3 is 0 Å². The molecule has 0 aliphatic rings. The predicted molar refractivity (Wildman–Crippen MR) is 130 cm³/mol. The van der Waals surface area contributed by atoms with Crippen LogP contribution in [0.25, 0.3) is 28.7 Å². The van der Waals surface area contributed by atoms with Gasteiger partial charge in [-0.25, -0.2) is 4.98 Å². The molecule has 0 unspecified atom stereocenters. The van der Waals surface area contributed by atoms with E-state index < -0.39 is 0 Å². The second kappa shape index (κ2) is 9.40. The van der Waals surface area contributed by atoms with Crippen molar-refractivity contribution in [2.45, 2.75) is 6.92 Å². The molecule has 0 fully saturated rings. The Kier molecular flexibility index (Phi) is 6.22. The minimum absolute atomic E-state index is 0.164. The summed E-state index contributed by atoms with van der Waals surface area (Å²) < 4.78 is 12.4. The molecular weight excluding hydrogens is 418 g/mol. The minimum atomic E-state index is -0.190. The first-order chi connectivity index (χ1) is 16.0. The SMILES string of the molecule is COc1cccc(C=Cc2nc3ccccc3c(=O)n2-c2ccc(NC(C)=O)cc2)c1OC. The first-order valence-electron chi connectivity index (χ1n) is 10.3. The molecule has 1 amide bonds. The second-order valence-corrected chi connectivity index (χ2v) is 7.27. The van der Waals surface area contributed by atoms with Gasteiger partial charge in [0.2, 0.25) is 5.91 Å². The summed E-state index contributed by atoms with van der Waals surface area (Å²) in [7, 11) is 3.16. The number of carbonyl (C=O) groups is 1. The lowest BCUT2D eigenvalue weighted by Crippen LogP contribution is -2.22. The number of nitrogens with one attached hydrogen (secondary N) is 1. The van der Waals surface area contributed by atoms with Crippen molar-refractivity contribution in [2.24, 2.45) is 0 Å². The van der Waals surface area contributed by atoms with Gasteiger partial charge in [0.1, 0.15) is 5.82 Å². The summed E-state index contributed by atoms with van der Waals surface area (Å²) >= 11 is 0. The summed E-state index contributed by atoms with van der Waals surface area (Å²) in [6, 6.07) is 19.8. The van der Waals surface area contributed by atoms with Crippen molar-refractivity contribution in [3.8, 4) is 17.2 Å². The Labute approximate surface area is 190 Å². The first kappa shape index (κ1) is 21.8. The largest absolute Gasteiger partial charge is 0.493 e. The second-order valence-electron chi connectivity index (χ2n) is 7.27. The fourth-order valence-corrected chi connectivity index (χ4v) is 3.62. The summed E-state index contributed by atoms with van der Waals surface area (Å²) in [5.74, 6) is 1.49. The number of rotatable bonds is 6. The maximum atomic E-state index is 13.4. The molecule has 4 rings (SSSR count). The topological polar surface area (TPSA) is 82.5 Å². The standard InChI is InChI=1S/C26H23N3O4/c1-17(30)27-19-12-14-20(15-13-19)29-24(28-22-9-5-4-8-21(22)26(29)31)16-11-18-7-6-10-23(32-2)25(18)33-3/h4-16H,1-3H3,(H,27,30). The molecule has 0 radical (unpaired) electrons. The molecule has 4 aromatic rings. The summed E-state index contributed by atoms with van der Waals surface area (Å²) in [4.78, 5) is 29.5. The van der Waals surface area contributed by atoms with Crippen LogP contribution in [0, 0.1) is 0 Å². The van der Waals surface area contributed by atoms with Crippen molar-refractivity contribution < 1.29 is 14.3 Å². The lowest BCUT2D eigenvalue weighted by Gasteiger charge is -2.13. The van der Waals surface area contributed by atoms with E-state index in [-0.39, 0.29) is 11.5 Å². The monoisotopic (exact) mass is 441 g/mol. The fourth-order valence-electron chi connectivity index (χ4n) is 3.62. The van der Waals surface area contributed by atoms with Crippen LogP contribution >= 0.6 is 0 Å². The molecule has 0 atom stereocenters. The van der Waals surface area contributed by atoms with Crippen LogP contribution < -0.4 is 20.3 Å². The molecule has 33 heavy (non-hydrogen) atoms. The van der Waals surface area contributed by atoms with Crippen LogP contribution in [0.15, 0.2) is 71.5 Å². The van der Waals surface area contributed by atoms with E-state index in [0.717, 1.165) is 5.56 Å². The minimum Gasteiger partial charge on any atom is -0.493 e. The number of methoxy groups -OCH3 is 2. The number of benzene rings is 3. The quantitative estimate of drug-likeness (QED) is 0.475. The number of nitrogens with zero attached hydrogens (tertiary/aromatic N) is 2. The van der Waals surface area contributed by atoms with Crippen molar-refractivity contribution in [3.63, 3.8) is 0 Å². The number of fused-ring (bicyclic) bond motifs is 1. The van der Waals surface area contributed by atoms with Gasteiger partial charge in [0, 0.05) is 18.2 Å². The molecule has 0 aliphatic heterocycles. The fraction of sp³-hybridized carbons (Fsp3) is 0.115. The van der Waals surface area contributed by atoms with Crippen molar-refractivity contribution in [2.75, 3.05) is 19.5 Å². The predicted octanol–water partition coefficient (Wildman–Crippen LogP) is 4.53. The molecule has 3 aromatic carbocycles. The van der Waals surface area contributed by atoms with E-state index in [1.807, 2.05) is 42.5 Å². The highest BCUT2D eigenvalue weighted by Gasteiger charge is 2.12. The smallest absolute Gasteiger partial charge is 0.266 e. The molecule has 0 saturated carbocycles.